The van der Waals surface area contributed by atoms with E-state index < -0.39 is 0 Å². The largest absolute Gasteiger partial charge is 0.391 e. The van der Waals surface area contributed by atoms with Crippen molar-refractivity contribution < 1.29 is 4.84 Å². The van der Waals surface area contributed by atoms with Crippen molar-refractivity contribution in [3.05, 3.63) is 70.8 Å². The third-order valence-corrected chi connectivity index (χ3v) is 4.93. The van der Waals surface area contributed by atoms with Crippen LogP contribution in [0.5, 0.6) is 0 Å². The molecule has 24 heavy (non-hydrogen) atoms. The molecule has 2 aromatic rings. The molecule has 1 aliphatic rings. The van der Waals surface area contributed by atoms with E-state index in [0.29, 0.717) is 6.61 Å². The minimum absolute atomic E-state index is 0.517. The highest BCUT2D eigenvalue weighted by molar-refractivity contribution is 5.79. The summed E-state index contributed by atoms with van der Waals surface area (Å²) in [5.74, 6) is 0.727. The van der Waals surface area contributed by atoms with Crippen LogP contribution in [-0.4, -0.2) is 6.21 Å². The lowest BCUT2D eigenvalue weighted by Crippen LogP contribution is -2.04. The van der Waals surface area contributed by atoms with Crippen molar-refractivity contribution in [3.8, 4) is 0 Å². The van der Waals surface area contributed by atoms with E-state index >= 15 is 0 Å². The molecule has 0 bridgehead atoms. The summed E-state index contributed by atoms with van der Waals surface area (Å²) in [5, 5.41) is 4.14. The average Bonchev–Trinajstić information content (AvgIpc) is 2.67. The van der Waals surface area contributed by atoms with Gasteiger partial charge >= 0.3 is 0 Å². The van der Waals surface area contributed by atoms with Gasteiger partial charge in [0, 0.05) is 0 Å². The number of aryl methyl sites for hydroxylation is 1. The number of rotatable bonds is 6. The summed E-state index contributed by atoms with van der Waals surface area (Å²) in [6, 6.07) is 17.3. The highest BCUT2D eigenvalue weighted by atomic mass is 16.6. The van der Waals surface area contributed by atoms with Crippen LogP contribution in [0, 0.1) is 0 Å². The third-order valence-electron chi connectivity index (χ3n) is 4.93. The predicted molar refractivity (Wildman–Crippen MR) is 100 cm³/mol. The Kier molecular flexibility index (Phi) is 6.06. The van der Waals surface area contributed by atoms with Gasteiger partial charge in [-0.05, 0) is 53.5 Å². The Morgan fingerprint density at radius 1 is 1.00 bits per heavy atom. The van der Waals surface area contributed by atoms with E-state index in [4.69, 9.17) is 4.84 Å². The molecule has 0 unspecified atom stereocenters. The zero-order valence-corrected chi connectivity index (χ0v) is 14.6. The molecule has 2 heteroatoms. The van der Waals surface area contributed by atoms with Crippen molar-refractivity contribution in [1.29, 1.82) is 0 Å². The fraction of sp³-hybridized carbons (Fsp3) is 0.409. The van der Waals surface area contributed by atoms with Gasteiger partial charge in [0.05, 0.1) is 6.21 Å². The van der Waals surface area contributed by atoms with Gasteiger partial charge in [0.1, 0.15) is 6.61 Å². The monoisotopic (exact) mass is 321 g/mol. The van der Waals surface area contributed by atoms with Crippen molar-refractivity contribution in [2.45, 2.75) is 58.0 Å². The fourth-order valence-corrected chi connectivity index (χ4v) is 3.41. The van der Waals surface area contributed by atoms with E-state index in [9.17, 15) is 0 Å². The summed E-state index contributed by atoms with van der Waals surface area (Å²) in [6.45, 7) is 2.68. The van der Waals surface area contributed by atoms with Crippen LogP contribution < -0.4 is 0 Å². The van der Waals surface area contributed by atoms with Crippen LogP contribution in [0.2, 0.25) is 0 Å². The summed E-state index contributed by atoms with van der Waals surface area (Å²) in [4.78, 5) is 5.45. The maximum atomic E-state index is 5.45. The summed E-state index contributed by atoms with van der Waals surface area (Å²) in [7, 11) is 0. The second kappa shape index (κ2) is 8.68. The maximum Gasteiger partial charge on any atom is 0.142 e. The lowest BCUT2D eigenvalue weighted by Gasteiger charge is -2.22. The molecule has 0 heterocycles. The molecule has 1 saturated carbocycles. The predicted octanol–water partition coefficient (Wildman–Crippen LogP) is 5.85. The smallest absolute Gasteiger partial charge is 0.142 e. The van der Waals surface area contributed by atoms with E-state index in [2.05, 4.69) is 60.6 Å². The standard InChI is InChI=1S/C22H27NO/c1-2-18-11-13-19(14-12-18)17-24-23-16-20-7-6-10-22(15-20)21-8-4-3-5-9-21/h6-7,10-16,21H,2-5,8-9,17H2,1H3. The maximum absolute atomic E-state index is 5.45. The lowest BCUT2D eigenvalue weighted by atomic mass is 9.84. The Hall–Kier alpha value is -2.09. The average molecular weight is 321 g/mol. The first-order valence-electron chi connectivity index (χ1n) is 9.18. The van der Waals surface area contributed by atoms with Crippen molar-refractivity contribution in [2.24, 2.45) is 5.16 Å². The van der Waals surface area contributed by atoms with Crippen LogP contribution >= 0.6 is 0 Å². The van der Waals surface area contributed by atoms with Crippen molar-refractivity contribution in [2.75, 3.05) is 0 Å². The summed E-state index contributed by atoms with van der Waals surface area (Å²) in [6.07, 6.45) is 9.66. The SMILES string of the molecule is CCc1ccc(CON=Cc2cccc(C3CCCCC3)c2)cc1. The van der Waals surface area contributed by atoms with Gasteiger partial charge in [0.25, 0.3) is 0 Å². The molecule has 126 valence electrons. The number of oxime groups is 1. The van der Waals surface area contributed by atoms with E-state index in [0.717, 1.165) is 23.5 Å². The number of nitrogens with zero attached hydrogens (tertiary/aromatic N) is 1. The molecule has 0 atom stereocenters. The Labute approximate surface area is 145 Å². The van der Waals surface area contributed by atoms with Gasteiger partial charge in [0.15, 0.2) is 0 Å². The first kappa shape index (κ1) is 16.8. The normalized spacial score (nSPS) is 15.7. The van der Waals surface area contributed by atoms with Crippen molar-refractivity contribution in [3.63, 3.8) is 0 Å². The molecule has 0 aromatic heterocycles. The molecule has 0 amide bonds. The summed E-state index contributed by atoms with van der Waals surface area (Å²) >= 11 is 0. The Morgan fingerprint density at radius 2 is 1.75 bits per heavy atom. The summed E-state index contributed by atoms with van der Waals surface area (Å²) < 4.78 is 0. The highest BCUT2D eigenvalue weighted by Gasteiger charge is 2.15. The minimum Gasteiger partial charge on any atom is -0.391 e. The zero-order valence-electron chi connectivity index (χ0n) is 14.6. The van der Waals surface area contributed by atoms with Crippen LogP contribution in [0.4, 0.5) is 0 Å². The molecule has 1 aliphatic carbocycles. The number of benzene rings is 2. The Bertz CT molecular complexity index is 654. The van der Waals surface area contributed by atoms with Crippen molar-refractivity contribution >= 4 is 6.21 Å². The molecule has 0 N–H and O–H groups in total. The van der Waals surface area contributed by atoms with Crippen LogP contribution in [0.15, 0.2) is 53.7 Å². The number of hydrogen-bond donors (Lipinski definition) is 0. The van der Waals surface area contributed by atoms with Gasteiger partial charge in [-0.15, -0.1) is 0 Å². The van der Waals surface area contributed by atoms with Crippen molar-refractivity contribution in [1.82, 2.24) is 0 Å². The molecular formula is C22H27NO. The molecular weight excluding hydrogens is 294 g/mol. The zero-order chi connectivity index (χ0) is 16.6. The van der Waals surface area contributed by atoms with Gasteiger partial charge in [-0.25, -0.2) is 0 Å². The van der Waals surface area contributed by atoms with E-state index in [1.54, 1.807) is 0 Å². The minimum atomic E-state index is 0.517. The molecule has 3 rings (SSSR count). The van der Waals surface area contributed by atoms with Crippen LogP contribution in [0.3, 0.4) is 0 Å². The first-order chi connectivity index (χ1) is 11.8. The van der Waals surface area contributed by atoms with E-state index in [1.165, 1.54) is 43.2 Å². The van der Waals surface area contributed by atoms with Gasteiger partial charge < -0.3 is 4.84 Å². The van der Waals surface area contributed by atoms with Crippen LogP contribution in [-0.2, 0) is 17.9 Å². The van der Waals surface area contributed by atoms with E-state index in [-0.39, 0.29) is 0 Å². The third kappa shape index (κ3) is 4.70. The lowest BCUT2D eigenvalue weighted by molar-refractivity contribution is 0.132. The van der Waals surface area contributed by atoms with Gasteiger partial charge in [-0.1, -0.05) is 73.8 Å². The summed E-state index contributed by atoms with van der Waals surface area (Å²) in [5.41, 5.74) is 5.08. The van der Waals surface area contributed by atoms with Crippen LogP contribution in [0.1, 0.15) is 67.2 Å². The van der Waals surface area contributed by atoms with Gasteiger partial charge in [-0.2, -0.15) is 0 Å². The second-order valence-electron chi connectivity index (χ2n) is 6.68. The second-order valence-corrected chi connectivity index (χ2v) is 6.68. The highest BCUT2D eigenvalue weighted by Crippen LogP contribution is 2.32. The van der Waals surface area contributed by atoms with E-state index in [1.807, 2.05) is 6.21 Å². The van der Waals surface area contributed by atoms with Gasteiger partial charge in [0.2, 0.25) is 0 Å². The van der Waals surface area contributed by atoms with Gasteiger partial charge in [-0.3, -0.25) is 0 Å². The molecule has 0 saturated heterocycles. The molecule has 0 spiro atoms. The number of hydrogen-bond acceptors (Lipinski definition) is 2. The topological polar surface area (TPSA) is 21.6 Å². The quantitative estimate of drug-likeness (QED) is 0.483. The Morgan fingerprint density at radius 3 is 2.50 bits per heavy atom. The molecule has 0 radical (unpaired) electrons. The Balaban J connectivity index is 1.54. The molecule has 2 nitrogen and oxygen atoms in total. The van der Waals surface area contributed by atoms with Crippen LogP contribution in [0.25, 0.3) is 0 Å². The molecule has 2 aromatic carbocycles. The first-order valence-corrected chi connectivity index (χ1v) is 9.18. The fourth-order valence-electron chi connectivity index (χ4n) is 3.41. The molecule has 1 fully saturated rings. The molecule has 0 aliphatic heterocycles.